The first-order valence-electron chi connectivity index (χ1n) is 10.7. The molecular weight excluding hydrogens is 382 g/mol. The number of pyridine rings is 1. The van der Waals surface area contributed by atoms with E-state index in [1.54, 1.807) is 24.4 Å². The number of hydrogen-bond donors (Lipinski definition) is 2. The molecule has 1 spiro atoms. The molecule has 162 valence electrons. The van der Waals surface area contributed by atoms with Crippen LogP contribution in [0, 0.1) is 0 Å². The molecule has 0 unspecified atom stereocenters. The van der Waals surface area contributed by atoms with Crippen molar-refractivity contribution < 1.29 is 14.6 Å². The van der Waals surface area contributed by atoms with E-state index in [2.05, 4.69) is 33.4 Å². The second-order valence-electron chi connectivity index (χ2n) is 8.63. The Labute approximate surface area is 177 Å². The first-order valence-corrected chi connectivity index (χ1v) is 10.7. The number of aliphatic hydroxyl groups excluding tert-OH is 1. The van der Waals surface area contributed by atoms with Crippen LogP contribution >= 0.6 is 0 Å². The number of ether oxygens (including phenoxy) is 1. The summed E-state index contributed by atoms with van der Waals surface area (Å²) in [6.45, 7) is 7.88. The van der Waals surface area contributed by atoms with Gasteiger partial charge in [-0.1, -0.05) is 6.07 Å². The Balaban J connectivity index is 1.40. The van der Waals surface area contributed by atoms with E-state index in [1.807, 2.05) is 17.8 Å². The van der Waals surface area contributed by atoms with E-state index >= 15 is 0 Å². The van der Waals surface area contributed by atoms with E-state index in [9.17, 15) is 9.90 Å². The van der Waals surface area contributed by atoms with E-state index in [0.717, 1.165) is 39.0 Å². The summed E-state index contributed by atoms with van der Waals surface area (Å²) in [5.41, 5.74) is 0.172. The van der Waals surface area contributed by atoms with Gasteiger partial charge in [-0.2, -0.15) is 5.10 Å². The molecule has 2 saturated heterocycles. The number of carbonyl (C=O) groups excluding carboxylic acids is 1. The predicted octanol–water partition coefficient (Wildman–Crippen LogP) is 1.60. The molecule has 0 aliphatic carbocycles. The zero-order chi connectivity index (χ0) is 21.2. The average Bonchev–Trinajstić information content (AvgIpc) is 3.22. The van der Waals surface area contributed by atoms with Crippen LogP contribution in [0.25, 0.3) is 0 Å². The maximum atomic E-state index is 12.7. The minimum Gasteiger partial charge on any atom is -0.388 e. The largest absolute Gasteiger partial charge is 0.388 e. The molecule has 2 N–H and O–H groups in total. The molecule has 0 radical (unpaired) electrons. The van der Waals surface area contributed by atoms with Crippen molar-refractivity contribution in [2.24, 2.45) is 0 Å². The number of piperidine rings is 1. The van der Waals surface area contributed by atoms with E-state index in [-0.39, 0.29) is 5.91 Å². The van der Waals surface area contributed by atoms with Crippen LogP contribution in [0.2, 0.25) is 0 Å². The van der Waals surface area contributed by atoms with Gasteiger partial charge in [0.1, 0.15) is 11.8 Å². The Morgan fingerprint density at radius 2 is 2.13 bits per heavy atom. The number of aliphatic hydroxyl groups is 1. The van der Waals surface area contributed by atoms with Crippen LogP contribution in [0.1, 0.15) is 49.2 Å². The van der Waals surface area contributed by atoms with Gasteiger partial charge in [-0.05, 0) is 45.2 Å². The van der Waals surface area contributed by atoms with Gasteiger partial charge in [0.25, 0.3) is 5.91 Å². The van der Waals surface area contributed by atoms with E-state index < -0.39 is 17.2 Å². The number of rotatable bonds is 5. The fourth-order valence-electron chi connectivity index (χ4n) is 4.64. The van der Waals surface area contributed by atoms with Crippen LogP contribution in [-0.4, -0.2) is 67.6 Å². The number of carbonyl (C=O) groups is 1. The van der Waals surface area contributed by atoms with E-state index in [1.165, 1.54) is 5.56 Å². The minimum atomic E-state index is -0.781. The Morgan fingerprint density at radius 3 is 2.80 bits per heavy atom. The van der Waals surface area contributed by atoms with Crippen LogP contribution in [0.5, 0.6) is 0 Å². The van der Waals surface area contributed by atoms with Gasteiger partial charge < -0.3 is 15.2 Å². The zero-order valence-corrected chi connectivity index (χ0v) is 17.8. The molecule has 2 fully saturated rings. The second kappa shape index (κ2) is 8.45. The van der Waals surface area contributed by atoms with Crippen LogP contribution < -0.4 is 5.32 Å². The summed E-state index contributed by atoms with van der Waals surface area (Å²) < 4.78 is 8.10. The van der Waals surface area contributed by atoms with Gasteiger partial charge >= 0.3 is 0 Å². The standard InChI is InChI=1S/C22H31N5O3/c1-3-27-16-17(14-24-27)15-26-11-7-22(8-12-26)20(29)21(2,9-13-30-22)25-19(28)18-6-4-5-10-23-18/h4-6,10,14,16,20,29H,3,7-9,11-13,15H2,1-2H3,(H,25,28)/t20-,21+/m0/s1. The summed E-state index contributed by atoms with van der Waals surface area (Å²) in [5, 5.41) is 18.7. The summed E-state index contributed by atoms with van der Waals surface area (Å²) in [6, 6.07) is 5.24. The first kappa shape index (κ1) is 21.0. The SMILES string of the molecule is CCn1cc(CN2CCC3(CC2)OCC[C@@](C)(NC(=O)c2ccccn2)[C@@H]3O)cn1. The highest BCUT2D eigenvalue weighted by Gasteiger charge is 2.53. The third-order valence-electron chi connectivity index (χ3n) is 6.53. The molecule has 0 aromatic carbocycles. The van der Waals surface area contributed by atoms with Gasteiger partial charge in [0.05, 0.1) is 17.3 Å². The molecule has 4 rings (SSSR count). The lowest BCUT2D eigenvalue weighted by atomic mass is 9.73. The summed E-state index contributed by atoms with van der Waals surface area (Å²) in [6.07, 6.45) is 6.84. The highest BCUT2D eigenvalue weighted by molar-refractivity contribution is 5.92. The van der Waals surface area contributed by atoms with Crippen LogP contribution in [-0.2, 0) is 17.8 Å². The van der Waals surface area contributed by atoms with Gasteiger partial charge in [-0.15, -0.1) is 0 Å². The zero-order valence-electron chi connectivity index (χ0n) is 17.8. The number of aryl methyl sites for hydroxylation is 1. The topological polar surface area (TPSA) is 92.5 Å². The molecule has 2 aromatic heterocycles. The molecule has 8 nitrogen and oxygen atoms in total. The molecular formula is C22H31N5O3. The lowest BCUT2D eigenvalue weighted by Crippen LogP contribution is -2.69. The van der Waals surface area contributed by atoms with Crippen molar-refractivity contribution in [2.75, 3.05) is 19.7 Å². The molecule has 4 heterocycles. The molecule has 2 aromatic rings. The molecule has 1 amide bonds. The minimum absolute atomic E-state index is 0.264. The molecule has 2 atom stereocenters. The molecule has 2 aliphatic heterocycles. The Bertz CT molecular complexity index is 863. The summed E-state index contributed by atoms with van der Waals surface area (Å²) in [5.74, 6) is -0.264. The number of nitrogens with zero attached hydrogens (tertiary/aromatic N) is 4. The molecule has 2 aliphatic rings. The third-order valence-corrected chi connectivity index (χ3v) is 6.53. The van der Waals surface area contributed by atoms with Gasteiger partial charge in [0.2, 0.25) is 0 Å². The van der Waals surface area contributed by atoms with Gasteiger partial charge in [0.15, 0.2) is 0 Å². The fourth-order valence-corrected chi connectivity index (χ4v) is 4.64. The van der Waals surface area contributed by atoms with Crippen molar-refractivity contribution in [3.63, 3.8) is 0 Å². The number of likely N-dealkylation sites (tertiary alicyclic amines) is 1. The van der Waals surface area contributed by atoms with Crippen molar-refractivity contribution in [3.05, 3.63) is 48.0 Å². The Morgan fingerprint density at radius 1 is 1.33 bits per heavy atom. The lowest BCUT2D eigenvalue weighted by Gasteiger charge is -2.53. The maximum absolute atomic E-state index is 12.7. The van der Waals surface area contributed by atoms with Crippen molar-refractivity contribution in [3.8, 4) is 0 Å². The normalized spacial score (nSPS) is 26.6. The maximum Gasteiger partial charge on any atom is 0.270 e. The average molecular weight is 414 g/mol. The number of aromatic nitrogens is 3. The van der Waals surface area contributed by atoms with Crippen molar-refractivity contribution in [1.29, 1.82) is 0 Å². The fraction of sp³-hybridized carbons (Fsp3) is 0.591. The quantitative estimate of drug-likeness (QED) is 0.774. The van der Waals surface area contributed by atoms with E-state index in [4.69, 9.17) is 4.74 Å². The van der Waals surface area contributed by atoms with Crippen LogP contribution in [0.15, 0.2) is 36.8 Å². The van der Waals surface area contributed by atoms with Crippen molar-refractivity contribution >= 4 is 5.91 Å². The first-order chi connectivity index (χ1) is 14.4. The monoisotopic (exact) mass is 413 g/mol. The van der Waals surface area contributed by atoms with Crippen LogP contribution in [0.3, 0.4) is 0 Å². The van der Waals surface area contributed by atoms with E-state index in [0.29, 0.717) is 18.7 Å². The van der Waals surface area contributed by atoms with Gasteiger partial charge in [-0.3, -0.25) is 19.4 Å². The predicted molar refractivity (Wildman–Crippen MR) is 112 cm³/mol. The van der Waals surface area contributed by atoms with Crippen molar-refractivity contribution in [2.45, 2.75) is 63.4 Å². The number of nitrogens with one attached hydrogen (secondary N) is 1. The highest BCUT2D eigenvalue weighted by atomic mass is 16.5. The highest BCUT2D eigenvalue weighted by Crippen LogP contribution is 2.40. The molecule has 0 saturated carbocycles. The summed E-state index contributed by atoms with van der Waals surface area (Å²) in [4.78, 5) is 19.2. The molecule has 30 heavy (non-hydrogen) atoms. The van der Waals surface area contributed by atoms with Crippen LogP contribution in [0.4, 0.5) is 0 Å². The Hall–Kier alpha value is -2.29. The third kappa shape index (κ3) is 4.12. The summed E-state index contributed by atoms with van der Waals surface area (Å²) in [7, 11) is 0. The van der Waals surface area contributed by atoms with Crippen molar-refractivity contribution in [1.82, 2.24) is 25.0 Å². The number of hydrogen-bond acceptors (Lipinski definition) is 6. The van der Waals surface area contributed by atoms with Gasteiger partial charge in [0, 0.05) is 50.7 Å². The molecule has 0 bridgehead atoms. The second-order valence-corrected chi connectivity index (χ2v) is 8.63. The summed E-state index contributed by atoms with van der Waals surface area (Å²) >= 11 is 0. The lowest BCUT2D eigenvalue weighted by molar-refractivity contribution is -0.205. The molecule has 8 heteroatoms. The smallest absolute Gasteiger partial charge is 0.270 e. The Kier molecular flexibility index (Phi) is 5.90. The number of amides is 1. The van der Waals surface area contributed by atoms with Gasteiger partial charge in [-0.25, -0.2) is 0 Å².